The lowest BCUT2D eigenvalue weighted by Gasteiger charge is -2.09. The molecule has 1 N–H and O–H groups in total. The van der Waals surface area contributed by atoms with E-state index in [1.165, 1.54) is 31.3 Å². The number of ketones is 1. The van der Waals surface area contributed by atoms with Gasteiger partial charge in [-0.3, -0.25) is 9.59 Å². The normalized spacial score (nSPS) is 11.9. The van der Waals surface area contributed by atoms with Crippen LogP contribution in [0.1, 0.15) is 39.8 Å². The molecule has 0 fully saturated rings. The first kappa shape index (κ1) is 17.9. The highest BCUT2D eigenvalue weighted by Crippen LogP contribution is 2.26. The van der Waals surface area contributed by atoms with Gasteiger partial charge in [-0.1, -0.05) is 18.2 Å². The van der Waals surface area contributed by atoms with Crippen LogP contribution in [0.5, 0.6) is 0 Å². The van der Waals surface area contributed by atoms with E-state index in [1.807, 2.05) is 24.3 Å². The molecule has 1 aromatic carbocycles. The first-order valence-corrected chi connectivity index (χ1v) is 8.82. The van der Waals surface area contributed by atoms with Gasteiger partial charge in [-0.2, -0.15) is 0 Å². The smallest absolute Gasteiger partial charge is 0.349 e. The number of amides is 1. The average molecular weight is 371 g/mol. The summed E-state index contributed by atoms with van der Waals surface area (Å²) < 4.78 is 11.7. The fraction of sp³-hybridized carbons (Fsp3) is 0.211. The summed E-state index contributed by atoms with van der Waals surface area (Å²) in [6.45, 7) is 3.09. The minimum atomic E-state index is -0.979. The standard InChI is InChI=1S/C19H17NO5S/c1-11(18(22)15-8-7-14(25-15)10-20-12(2)21)24-19(23)17-9-13-5-3-4-6-16(13)26-17/h3-9,11H,10H2,1-2H3,(H,20,21). The van der Waals surface area contributed by atoms with Crippen molar-refractivity contribution in [3.05, 3.63) is 58.9 Å². The maximum Gasteiger partial charge on any atom is 0.349 e. The Labute approximate surface area is 153 Å². The number of nitrogens with one attached hydrogen (secondary N) is 1. The maximum absolute atomic E-state index is 12.4. The third-order valence-corrected chi connectivity index (χ3v) is 4.79. The Morgan fingerprint density at radius 2 is 1.96 bits per heavy atom. The predicted octanol–water partition coefficient (Wildman–Crippen LogP) is 3.56. The molecule has 0 aliphatic carbocycles. The molecule has 134 valence electrons. The summed E-state index contributed by atoms with van der Waals surface area (Å²) in [4.78, 5) is 36.0. The maximum atomic E-state index is 12.4. The van der Waals surface area contributed by atoms with Crippen molar-refractivity contribution in [3.8, 4) is 0 Å². The lowest BCUT2D eigenvalue weighted by Crippen LogP contribution is -2.23. The van der Waals surface area contributed by atoms with Crippen molar-refractivity contribution in [2.24, 2.45) is 0 Å². The molecule has 1 unspecified atom stereocenters. The second-order valence-electron chi connectivity index (χ2n) is 5.74. The fourth-order valence-corrected chi connectivity index (χ4v) is 3.32. The highest BCUT2D eigenvalue weighted by atomic mass is 32.1. The van der Waals surface area contributed by atoms with Crippen LogP contribution in [0.3, 0.4) is 0 Å². The highest BCUT2D eigenvalue weighted by Gasteiger charge is 2.24. The van der Waals surface area contributed by atoms with E-state index < -0.39 is 17.9 Å². The second kappa shape index (κ2) is 7.53. The lowest BCUT2D eigenvalue weighted by molar-refractivity contribution is -0.119. The molecule has 2 heterocycles. The van der Waals surface area contributed by atoms with E-state index >= 15 is 0 Å². The minimum Gasteiger partial charge on any atom is -0.456 e. The molecule has 0 spiro atoms. The summed E-state index contributed by atoms with van der Waals surface area (Å²) in [7, 11) is 0. The number of hydrogen-bond donors (Lipinski definition) is 1. The molecule has 0 saturated carbocycles. The van der Waals surface area contributed by atoms with Gasteiger partial charge in [0, 0.05) is 11.6 Å². The van der Waals surface area contributed by atoms with Crippen molar-refractivity contribution in [2.75, 3.05) is 0 Å². The van der Waals surface area contributed by atoms with Gasteiger partial charge in [0.2, 0.25) is 11.7 Å². The van der Waals surface area contributed by atoms with E-state index in [2.05, 4.69) is 5.32 Å². The molecular formula is C19H17NO5S. The van der Waals surface area contributed by atoms with Crippen LogP contribution in [0.15, 0.2) is 46.9 Å². The molecule has 3 aromatic rings. The van der Waals surface area contributed by atoms with Gasteiger partial charge in [-0.15, -0.1) is 11.3 Å². The number of rotatable bonds is 6. The second-order valence-corrected chi connectivity index (χ2v) is 6.82. The average Bonchev–Trinajstić information content (AvgIpc) is 3.25. The number of hydrogen-bond acceptors (Lipinski definition) is 6. The van der Waals surface area contributed by atoms with E-state index in [0.29, 0.717) is 10.6 Å². The molecule has 1 amide bonds. The van der Waals surface area contributed by atoms with Gasteiger partial charge in [0.15, 0.2) is 11.9 Å². The van der Waals surface area contributed by atoms with Crippen molar-refractivity contribution in [3.63, 3.8) is 0 Å². The Morgan fingerprint density at radius 1 is 1.19 bits per heavy atom. The zero-order valence-electron chi connectivity index (χ0n) is 14.3. The number of fused-ring (bicyclic) bond motifs is 1. The monoisotopic (exact) mass is 371 g/mol. The topological polar surface area (TPSA) is 85.6 Å². The first-order valence-electron chi connectivity index (χ1n) is 8.01. The van der Waals surface area contributed by atoms with E-state index in [4.69, 9.17) is 9.15 Å². The van der Waals surface area contributed by atoms with Crippen molar-refractivity contribution in [1.82, 2.24) is 5.32 Å². The summed E-state index contributed by atoms with van der Waals surface area (Å²) in [6.07, 6.45) is -0.979. The van der Waals surface area contributed by atoms with Gasteiger partial charge < -0.3 is 14.5 Å². The summed E-state index contributed by atoms with van der Waals surface area (Å²) >= 11 is 1.32. The Balaban J connectivity index is 1.65. The zero-order valence-corrected chi connectivity index (χ0v) is 15.1. The molecule has 26 heavy (non-hydrogen) atoms. The largest absolute Gasteiger partial charge is 0.456 e. The number of thiophene rings is 1. The van der Waals surface area contributed by atoms with Crippen LogP contribution in [0.4, 0.5) is 0 Å². The van der Waals surface area contributed by atoms with E-state index in [0.717, 1.165) is 10.1 Å². The number of carbonyl (C=O) groups is 3. The quantitative estimate of drug-likeness (QED) is 0.529. The van der Waals surface area contributed by atoms with Crippen LogP contribution < -0.4 is 5.32 Å². The molecule has 2 aromatic heterocycles. The molecule has 3 rings (SSSR count). The van der Waals surface area contributed by atoms with Crippen LogP contribution in [-0.4, -0.2) is 23.8 Å². The fourth-order valence-electron chi connectivity index (χ4n) is 2.37. The van der Waals surface area contributed by atoms with Crippen LogP contribution >= 0.6 is 11.3 Å². The number of Topliss-reactive ketones (excluding diaryl/α,β-unsaturated/α-hetero) is 1. The van der Waals surface area contributed by atoms with E-state index in [1.54, 1.807) is 12.1 Å². The van der Waals surface area contributed by atoms with Gasteiger partial charge >= 0.3 is 5.97 Å². The highest BCUT2D eigenvalue weighted by molar-refractivity contribution is 7.20. The molecule has 7 heteroatoms. The third kappa shape index (κ3) is 4.00. The Morgan fingerprint density at radius 3 is 2.69 bits per heavy atom. The molecular weight excluding hydrogens is 354 g/mol. The van der Waals surface area contributed by atoms with Gasteiger partial charge in [0.1, 0.15) is 10.6 Å². The van der Waals surface area contributed by atoms with Crippen LogP contribution in [0, 0.1) is 0 Å². The van der Waals surface area contributed by atoms with Crippen molar-refractivity contribution in [2.45, 2.75) is 26.5 Å². The number of esters is 1. The summed E-state index contributed by atoms with van der Waals surface area (Å²) in [6, 6.07) is 12.5. The van der Waals surface area contributed by atoms with Crippen LogP contribution in [0.2, 0.25) is 0 Å². The molecule has 0 saturated heterocycles. The van der Waals surface area contributed by atoms with Crippen LogP contribution in [-0.2, 0) is 16.1 Å². The minimum absolute atomic E-state index is 0.0852. The number of ether oxygens (including phenoxy) is 1. The first-order chi connectivity index (χ1) is 12.4. The lowest BCUT2D eigenvalue weighted by atomic mass is 10.2. The Bertz CT molecular complexity index is 938. The SMILES string of the molecule is CC(=O)NCc1ccc(C(=O)C(C)OC(=O)c2cc3ccccc3s2)o1. The number of furan rings is 1. The van der Waals surface area contributed by atoms with E-state index in [-0.39, 0.29) is 18.2 Å². The summed E-state index contributed by atoms with van der Waals surface area (Å²) in [5, 5.41) is 3.54. The third-order valence-electron chi connectivity index (χ3n) is 3.70. The molecule has 0 bridgehead atoms. The molecule has 1 atom stereocenters. The molecule has 0 aliphatic rings. The van der Waals surface area contributed by atoms with Gasteiger partial charge in [0.05, 0.1) is 6.54 Å². The van der Waals surface area contributed by atoms with Gasteiger partial charge in [-0.25, -0.2) is 4.79 Å². The molecule has 0 aliphatic heterocycles. The predicted molar refractivity (Wildman–Crippen MR) is 97.3 cm³/mol. The number of carbonyl (C=O) groups excluding carboxylic acids is 3. The van der Waals surface area contributed by atoms with E-state index in [9.17, 15) is 14.4 Å². The van der Waals surface area contributed by atoms with Crippen molar-refractivity contribution in [1.29, 1.82) is 0 Å². The Kier molecular flexibility index (Phi) is 5.18. The van der Waals surface area contributed by atoms with Crippen molar-refractivity contribution < 1.29 is 23.5 Å². The Hall–Kier alpha value is -2.93. The number of benzene rings is 1. The van der Waals surface area contributed by atoms with Gasteiger partial charge in [0.25, 0.3) is 0 Å². The van der Waals surface area contributed by atoms with Crippen LogP contribution in [0.25, 0.3) is 10.1 Å². The van der Waals surface area contributed by atoms with Crippen molar-refractivity contribution >= 4 is 39.1 Å². The molecule has 6 nitrogen and oxygen atoms in total. The summed E-state index contributed by atoms with van der Waals surface area (Å²) in [5.41, 5.74) is 0. The van der Waals surface area contributed by atoms with Gasteiger partial charge in [-0.05, 0) is 36.6 Å². The summed E-state index contributed by atoms with van der Waals surface area (Å²) in [5.74, 6) is -0.640. The molecule has 0 radical (unpaired) electrons. The zero-order chi connectivity index (χ0) is 18.7.